The van der Waals surface area contributed by atoms with Crippen LogP contribution in [0.25, 0.3) is 0 Å². The summed E-state index contributed by atoms with van der Waals surface area (Å²) in [6.45, 7) is 7.23. The van der Waals surface area contributed by atoms with Crippen LogP contribution in [0, 0.1) is 0 Å². The number of hydrogen-bond acceptors (Lipinski definition) is 7. The molecule has 0 bridgehead atoms. The van der Waals surface area contributed by atoms with Crippen LogP contribution in [0.1, 0.15) is 33.1 Å². The monoisotopic (exact) mass is 357 g/mol. The molecule has 1 unspecified atom stereocenters. The summed E-state index contributed by atoms with van der Waals surface area (Å²) in [5, 5.41) is 6.55. The second-order valence-electron chi connectivity index (χ2n) is 7.20. The summed E-state index contributed by atoms with van der Waals surface area (Å²) in [7, 11) is 2.15. The highest BCUT2D eigenvalue weighted by atomic mass is 16.2. The Bertz CT molecular complexity index is 726. The Morgan fingerprint density at radius 3 is 2.73 bits per heavy atom. The summed E-state index contributed by atoms with van der Waals surface area (Å²) < 4.78 is 0. The third-order valence-corrected chi connectivity index (χ3v) is 5.54. The Labute approximate surface area is 154 Å². The smallest absolute Gasteiger partial charge is 0.274 e. The van der Waals surface area contributed by atoms with Crippen molar-refractivity contribution in [2.45, 2.75) is 45.3 Å². The van der Waals surface area contributed by atoms with Crippen LogP contribution in [0.5, 0.6) is 0 Å². The summed E-state index contributed by atoms with van der Waals surface area (Å²) in [4.78, 5) is 28.2. The van der Waals surface area contributed by atoms with Gasteiger partial charge in [0.2, 0.25) is 0 Å². The van der Waals surface area contributed by atoms with Gasteiger partial charge >= 0.3 is 0 Å². The van der Waals surface area contributed by atoms with Crippen LogP contribution < -0.4 is 15.5 Å². The average molecular weight is 357 g/mol. The Hall–Kier alpha value is -2.35. The standard InChI is InChI=1S/C18H27N7O/c1-4-14-24(5-2)10-13-18(26)22-15-16(19-11-20-17(15)25(13)14)21-12-6-8-23(3)9-7-12/h10-12,14H,4-9H2,1-3H3,(H,22,26)(H,19,20,21). The van der Waals surface area contributed by atoms with Gasteiger partial charge in [0.05, 0.1) is 0 Å². The average Bonchev–Trinajstić information content (AvgIpc) is 3.04. The van der Waals surface area contributed by atoms with Crippen molar-refractivity contribution < 1.29 is 4.79 Å². The number of likely N-dealkylation sites (tertiary alicyclic amines) is 1. The number of rotatable bonds is 4. The summed E-state index contributed by atoms with van der Waals surface area (Å²) in [5.74, 6) is 1.42. The number of fused-ring (bicyclic) bond motifs is 3. The van der Waals surface area contributed by atoms with Crippen LogP contribution >= 0.6 is 0 Å². The SMILES string of the molecule is CCC1N(CC)C=C2C(=O)Nc3c(NC4CCN(C)CC4)ncnc3N21. The van der Waals surface area contributed by atoms with E-state index in [0.717, 1.165) is 50.5 Å². The lowest BCUT2D eigenvalue weighted by Gasteiger charge is -2.36. The van der Waals surface area contributed by atoms with Gasteiger partial charge in [-0.25, -0.2) is 9.97 Å². The fraction of sp³-hybridized carbons (Fsp3) is 0.611. The van der Waals surface area contributed by atoms with Gasteiger partial charge in [-0.15, -0.1) is 0 Å². The lowest BCUT2D eigenvalue weighted by Crippen LogP contribution is -2.44. The number of piperidine rings is 1. The van der Waals surface area contributed by atoms with E-state index in [9.17, 15) is 4.79 Å². The summed E-state index contributed by atoms with van der Waals surface area (Å²) >= 11 is 0. The van der Waals surface area contributed by atoms with E-state index in [1.807, 2.05) is 6.20 Å². The Kier molecular flexibility index (Phi) is 4.44. The molecular formula is C18H27N7O. The molecule has 1 aromatic heterocycles. The molecule has 0 radical (unpaired) electrons. The van der Waals surface area contributed by atoms with Crippen molar-refractivity contribution in [1.82, 2.24) is 19.8 Å². The van der Waals surface area contributed by atoms with Crippen molar-refractivity contribution in [1.29, 1.82) is 0 Å². The molecule has 0 saturated carbocycles. The number of nitrogens with one attached hydrogen (secondary N) is 2. The maximum absolute atomic E-state index is 12.7. The van der Waals surface area contributed by atoms with Crippen LogP contribution in [-0.2, 0) is 4.79 Å². The quantitative estimate of drug-likeness (QED) is 0.848. The number of aromatic nitrogens is 2. The highest BCUT2D eigenvalue weighted by molar-refractivity contribution is 6.13. The van der Waals surface area contributed by atoms with Crippen molar-refractivity contribution in [3.05, 3.63) is 18.2 Å². The predicted octanol–water partition coefficient (Wildman–Crippen LogP) is 1.65. The molecule has 4 rings (SSSR count). The summed E-state index contributed by atoms with van der Waals surface area (Å²) in [6.07, 6.45) is 6.69. The molecule has 1 amide bonds. The number of nitrogens with zero attached hydrogens (tertiary/aromatic N) is 5. The van der Waals surface area contributed by atoms with E-state index in [-0.39, 0.29) is 12.1 Å². The van der Waals surface area contributed by atoms with Gasteiger partial charge in [-0.3, -0.25) is 9.69 Å². The van der Waals surface area contributed by atoms with Crippen molar-refractivity contribution >= 4 is 23.2 Å². The molecule has 1 aromatic rings. The highest BCUT2D eigenvalue weighted by Gasteiger charge is 2.41. The maximum Gasteiger partial charge on any atom is 0.274 e. The maximum atomic E-state index is 12.7. The minimum Gasteiger partial charge on any atom is -0.365 e. The zero-order chi connectivity index (χ0) is 18.3. The van der Waals surface area contributed by atoms with E-state index in [2.05, 4.69) is 56.2 Å². The Balaban J connectivity index is 1.65. The normalized spacial score (nSPS) is 23.4. The zero-order valence-corrected chi connectivity index (χ0v) is 15.7. The predicted molar refractivity (Wildman–Crippen MR) is 102 cm³/mol. The molecule has 8 nitrogen and oxygen atoms in total. The molecule has 0 spiro atoms. The second-order valence-corrected chi connectivity index (χ2v) is 7.20. The van der Waals surface area contributed by atoms with E-state index in [0.29, 0.717) is 17.4 Å². The van der Waals surface area contributed by atoms with Crippen molar-refractivity contribution in [3.8, 4) is 0 Å². The van der Waals surface area contributed by atoms with Gasteiger partial charge in [0.1, 0.15) is 23.9 Å². The minimum atomic E-state index is -0.0897. The van der Waals surface area contributed by atoms with E-state index in [1.54, 1.807) is 6.33 Å². The summed E-state index contributed by atoms with van der Waals surface area (Å²) in [6, 6.07) is 0.367. The first-order valence-electron chi connectivity index (χ1n) is 9.50. The molecule has 3 aliphatic heterocycles. The molecule has 4 heterocycles. The molecule has 3 aliphatic rings. The minimum absolute atomic E-state index is 0.0897. The van der Waals surface area contributed by atoms with Crippen molar-refractivity contribution in [2.24, 2.45) is 0 Å². The van der Waals surface area contributed by atoms with Gasteiger partial charge in [-0.2, -0.15) is 0 Å². The number of carbonyl (C=O) groups is 1. The van der Waals surface area contributed by atoms with Crippen LogP contribution in [0.2, 0.25) is 0 Å². The number of amides is 1. The van der Waals surface area contributed by atoms with Gasteiger partial charge in [0.25, 0.3) is 5.91 Å². The largest absolute Gasteiger partial charge is 0.365 e. The summed E-state index contributed by atoms with van der Waals surface area (Å²) in [5.41, 5.74) is 1.36. The van der Waals surface area contributed by atoms with Crippen LogP contribution in [0.15, 0.2) is 18.2 Å². The third kappa shape index (κ3) is 2.78. The molecule has 26 heavy (non-hydrogen) atoms. The van der Waals surface area contributed by atoms with Gasteiger partial charge < -0.3 is 20.4 Å². The third-order valence-electron chi connectivity index (χ3n) is 5.54. The van der Waals surface area contributed by atoms with E-state index in [1.165, 1.54) is 0 Å². The Morgan fingerprint density at radius 2 is 2.04 bits per heavy atom. The molecule has 140 valence electrons. The van der Waals surface area contributed by atoms with E-state index < -0.39 is 0 Å². The van der Waals surface area contributed by atoms with Crippen LogP contribution in [0.3, 0.4) is 0 Å². The fourth-order valence-corrected chi connectivity index (χ4v) is 4.06. The second kappa shape index (κ2) is 6.75. The molecule has 0 aliphatic carbocycles. The lowest BCUT2D eigenvalue weighted by atomic mass is 10.1. The first-order chi connectivity index (χ1) is 12.6. The lowest BCUT2D eigenvalue weighted by molar-refractivity contribution is -0.113. The van der Waals surface area contributed by atoms with Crippen molar-refractivity contribution in [3.63, 3.8) is 0 Å². The van der Waals surface area contributed by atoms with Gasteiger partial charge in [-0.05, 0) is 46.3 Å². The van der Waals surface area contributed by atoms with Gasteiger partial charge in [-0.1, -0.05) is 6.92 Å². The molecule has 1 atom stereocenters. The topological polar surface area (TPSA) is 76.6 Å². The van der Waals surface area contributed by atoms with Gasteiger partial charge in [0.15, 0.2) is 11.6 Å². The highest BCUT2D eigenvalue weighted by Crippen LogP contribution is 2.41. The number of hydrogen-bond donors (Lipinski definition) is 2. The molecule has 1 fully saturated rings. The zero-order valence-electron chi connectivity index (χ0n) is 15.7. The van der Waals surface area contributed by atoms with E-state index >= 15 is 0 Å². The van der Waals surface area contributed by atoms with Crippen molar-refractivity contribution in [2.75, 3.05) is 42.2 Å². The molecule has 1 saturated heterocycles. The molecule has 0 aromatic carbocycles. The Morgan fingerprint density at radius 1 is 1.27 bits per heavy atom. The van der Waals surface area contributed by atoms with Crippen LogP contribution in [0.4, 0.5) is 17.3 Å². The first kappa shape index (κ1) is 17.1. The van der Waals surface area contributed by atoms with Crippen LogP contribution in [-0.4, -0.2) is 64.6 Å². The number of anilines is 3. The molecule has 8 heteroatoms. The van der Waals surface area contributed by atoms with Gasteiger partial charge in [0, 0.05) is 18.8 Å². The molecular weight excluding hydrogens is 330 g/mol. The number of carbonyl (C=O) groups excluding carboxylic acids is 1. The van der Waals surface area contributed by atoms with E-state index in [4.69, 9.17) is 0 Å². The fourth-order valence-electron chi connectivity index (χ4n) is 4.06. The first-order valence-corrected chi connectivity index (χ1v) is 9.50. The molecule has 2 N–H and O–H groups in total.